The van der Waals surface area contributed by atoms with Crippen LogP contribution in [0.3, 0.4) is 0 Å². The minimum atomic E-state index is -4.29. The van der Waals surface area contributed by atoms with Crippen molar-refractivity contribution in [2.45, 2.75) is 37.7 Å². The minimum absolute atomic E-state index is 0.112. The van der Waals surface area contributed by atoms with E-state index in [1.807, 2.05) is 0 Å². The van der Waals surface area contributed by atoms with Crippen molar-refractivity contribution in [3.63, 3.8) is 0 Å². The van der Waals surface area contributed by atoms with E-state index in [9.17, 15) is 31.1 Å². The third-order valence-corrected chi connectivity index (χ3v) is 4.28. The van der Waals surface area contributed by atoms with Crippen molar-refractivity contribution in [1.29, 1.82) is 0 Å². The summed E-state index contributed by atoms with van der Waals surface area (Å²) in [7, 11) is 0. The number of rotatable bonds is 6. The van der Waals surface area contributed by atoms with Gasteiger partial charge in [-0.15, -0.1) is 0 Å². The molecule has 0 unspecified atom stereocenters. The van der Waals surface area contributed by atoms with Crippen LogP contribution in [-0.4, -0.2) is 42.3 Å². The smallest absolute Gasteiger partial charge is 0.401 e. The first-order chi connectivity index (χ1) is 13.1. The van der Waals surface area contributed by atoms with E-state index in [-0.39, 0.29) is 28.6 Å². The molecule has 11 heteroatoms. The van der Waals surface area contributed by atoms with E-state index >= 15 is 0 Å². The number of alkyl halides is 5. The van der Waals surface area contributed by atoms with Crippen molar-refractivity contribution in [3.05, 3.63) is 35.8 Å². The average Bonchev–Trinajstić information content (AvgIpc) is 2.55. The fraction of sp³-hybridized carbons (Fsp3) is 0.412. The molecule has 3 rings (SSSR count). The molecule has 1 fully saturated rings. The fourth-order valence-corrected chi connectivity index (χ4v) is 2.87. The molecule has 152 valence electrons. The minimum Gasteiger partial charge on any atom is -0.432 e. The summed E-state index contributed by atoms with van der Waals surface area (Å²) in [5.41, 5.74) is 0.273. The van der Waals surface area contributed by atoms with Gasteiger partial charge in [0.25, 0.3) is 5.91 Å². The van der Waals surface area contributed by atoms with E-state index < -0.39 is 36.8 Å². The van der Waals surface area contributed by atoms with Gasteiger partial charge in [0.1, 0.15) is 0 Å². The molecule has 0 aliphatic heterocycles. The summed E-state index contributed by atoms with van der Waals surface area (Å²) in [6, 6.07) is 2.65. The summed E-state index contributed by atoms with van der Waals surface area (Å²) in [4.78, 5) is 16.2. The lowest BCUT2D eigenvalue weighted by Gasteiger charge is -2.36. The topological polar surface area (TPSA) is 63.2 Å². The summed E-state index contributed by atoms with van der Waals surface area (Å²) in [5.74, 6) is -2.19. The summed E-state index contributed by atoms with van der Waals surface area (Å²) in [5, 5.41) is 5.23. The molecule has 0 atom stereocenters. The number of carbonyl (C=O) groups excluding carboxylic acids is 1. The molecule has 2 N–H and O–H groups in total. The molecule has 0 spiro atoms. The Morgan fingerprint density at radius 2 is 1.93 bits per heavy atom. The highest BCUT2D eigenvalue weighted by atomic mass is 19.4. The number of amides is 1. The molecule has 2 aromatic rings. The Kier molecular flexibility index (Phi) is 5.64. The summed E-state index contributed by atoms with van der Waals surface area (Å²) >= 11 is 0. The Balaban J connectivity index is 1.60. The molecular formula is C17H15F6N3O2. The molecule has 1 aliphatic carbocycles. The number of fused-ring (bicyclic) bond motifs is 1. The van der Waals surface area contributed by atoms with Crippen LogP contribution in [0.25, 0.3) is 10.9 Å². The Morgan fingerprint density at radius 1 is 1.21 bits per heavy atom. The zero-order valence-corrected chi connectivity index (χ0v) is 14.2. The highest BCUT2D eigenvalue weighted by Gasteiger charge is 2.34. The van der Waals surface area contributed by atoms with E-state index in [1.54, 1.807) is 0 Å². The number of pyridine rings is 1. The van der Waals surface area contributed by atoms with Crippen molar-refractivity contribution in [3.8, 4) is 5.75 Å². The number of aromatic nitrogens is 1. The van der Waals surface area contributed by atoms with Crippen LogP contribution in [0.15, 0.2) is 24.4 Å². The lowest BCUT2D eigenvalue weighted by atomic mass is 9.86. The second-order valence-corrected chi connectivity index (χ2v) is 6.41. The number of halogens is 6. The van der Waals surface area contributed by atoms with Gasteiger partial charge in [0.15, 0.2) is 11.6 Å². The van der Waals surface area contributed by atoms with Gasteiger partial charge in [0.2, 0.25) is 0 Å². The third-order valence-electron chi connectivity index (χ3n) is 4.28. The van der Waals surface area contributed by atoms with E-state index in [0.29, 0.717) is 12.8 Å². The number of hydrogen-bond acceptors (Lipinski definition) is 4. The number of nitrogens with zero attached hydrogens (tertiary/aromatic N) is 1. The Hall–Kier alpha value is -2.56. The predicted molar refractivity (Wildman–Crippen MR) is 86.7 cm³/mol. The van der Waals surface area contributed by atoms with Crippen LogP contribution in [0, 0.1) is 5.82 Å². The van der Waals surface area contributed by atoms with Crippen LogP contribution in [0.4, 0.5) is 26.3 Å². The van der Waals surface area contributed by atoms with Crippen LogP contribution >= 0.6 is 0 Å². The molecule has 1 amide bonds. The second kappa shape index (κ2) is 7.82. The van der Waals surface area contributed by atoms with Crippen molar-refractivity contribution < 1.29 is 35.9 Å². The molecule has 1 saturated carbocycles. The molecule has 28 heavy (non-hydrogen) atoms. The first-order valence-electron chi connectivity index (χ1n) is 8.26. The highest BCUT2D eigenvalue weighted by Crippen LogP contribution is 2.26. The van der Waals surface area contributed by atoms with E-state index in [0.717, 1.165) is 12.1 Å². The van der Waals surface area contributed by atoms with E-state index in [2.05, 4.69) is 20.4 Å². The molecular weight excluding hydrogens is 392 g/mol. The first-order valence-corrected chi connectivity index (χ1v) is 8.26. The standard InChI is InChI=1S/C17H15F6N3O2/c18-12-2-8-1-9(6-24-13(8)5-14(12)28-16(19)20)15(27)26-11-3-10(4-11)25-7-17(21,22)23/h1-2,5-6,10-11,16,25H,3-4,7H2,(H,26,27). The van der Waals surface area contributed by atoms with Crippen molar-refractivity contribution >= 4 is 16.8 Å². The van der Waals surface area contributed by atoms with E-state index in [1.165, 1.54) is 12.3 Å². The Bertz CT molecular complexity index is 868. The lowest BCUT2D eigenvalue weighted by Crippen LogP contribution is -2.53. The van der Waals surface area contributed by atoms with Gasteiger partial charge in [-0.1, -0.05) is 0 Å². The number of benzene rings is 1. The van der Waals surface area contributed by atoms with Gasteiger partial charge < -0.3 is 15.4 Å². The van der Waals surface area contributed by atoms with Crippen molar-refractivity contribution in [1.82, 2.24) is 15.6 Å². The molecule has 1 aromatic carbocycles. The maximum absolute atomic E-state index is 13.8. The zero-order chi connectivity index (χ0) is 20.5. The molecule has 1 aromatic heterocycles. The molecule has 0 bridgehead atoms. The summed E-state index contributed by atoms with van der Waals surface area (Å²) < 4.78 is 78.8. The Morgan fingerprint density at radius 3 is 2.57 bits per heavy atom. The van der Waals surface area contributed by atoms with Gasteiger partial charge in [-0.25, -0.2) is 4.39 Å². The van der Waals surface area contributed by atoms with Gasteiger partial charge in [0, 0.05) is 29.7 Å². The maximum atomic E-state index is 13.8. The third kappa shape index (κ3) is 5.03. The molecule has 0 radical (unpaired) electrons. The number of hydrogen-bond donors (Lipinski definition) is 2. The first kappa shape index (κ1) is 20.2. The van der Waals surface area contributed by atoms with Gasteiger partial charge in [-0.3, -0.25) is 9.78 Å². The van der Waals surface area contributed by atoms with Crippen molar-refractivity contribution in [2.24, 2.45) is 0 Å². The van der Waals surface area contributed by atoms with Crippen LogP contribution in [0.2, 0.25) is 0 Å². The summed E-state index contributed by atoms with van der Waals surface area (Å²) in [6.45, 7) is -4.27. The monoisotopic (exact) mass is 407 g/mol. The molecule has 1 heterocycles. The second-order valence-electron chi connectivity index (χ2n) is 6.41. The number of nitrogens with one attached hydrogen (secondary N) is 2. The van der Waals surface area contributed by atoms with Gasteiger partial charge >= 0.3 is 12.8 Å². The van der Waals surface area contributed by atoms with Gasteiger partial charge in [-0.2, -0.15) is 22.0 Å². The lowest BCUT2D eigenvalue weighted by molar-refractivity contribution is -0.127. The zero-order valence-electron chi connectivity index (χ0n) is 14.2. The van der Waals surface area contributed by atoms with Crippen molar-refractivity contribution in [2.75, 3.05) is 6.54 Å². The highest BCUT2D eigenvalue weighted by molar-refractivity contribution is 5.97. The molecule has 5 nitrogen and oxygen atoms in total. The number of ether oxygens (including phenoxy) is 1. The fourth-order valence-electron chi connectivity index (χ4n) is 2.87. The van der Waals surface area contributed by atoms with Crippen LogP contribution in [-0.2, 0) is 0 Å². The average molecular weight is 407 g/mol. The normalized spacial score (nSPS) is 19.5. The van der Waals surface area contributed by atoms with E-state index in [4.69, 9.17) is 0 Å². The Labute approximate surface area is 155 Å². The number of carbonyl (C=O) groups is 1. The van der Waals surface area contributed by atoms with Crippen LogP contribution in [0.1, 0.15) is 23.2 Å². The SMILES string of the molecule is O=C(NC1CC(NCC(F)(F)F)C1)c1cnc2cc(OC(F)F)c(F)cc2c1. The quantitative estimate of drug-likeness (QED) is 0.721. The van der Waals surface area contributed by atoms with Gasteiger partial charge in [0.05, 0.1) is 17.6 Å². The van der Waals surface area contributed by atoms with Crippen LogP contribution in [0.5, 0.6) is 5.75 Å². The molecule has 1 aliphatic rings. The van der Waals surface area contributed by atoms with Gasteiger partial charge in [-0.05, 0) is 25.0 Å². The maximum Gasteiger partial charge on any atom is 0.401 e. The van der Waals surface area contributed by atoms with Crippen LogP contribution < -0.4 is 15.4 Å². The largest absolute Gasteiger partial charge is 0.432 e. The predicted octanol–water partition coefficient (Wildman–Crippen LogP) is 3.39. The molecule has 0 saturated heterocycles. The summed E-state index contributed by atoms with van der Waals surface area (Å²) in [6.07, 6.45) is -2.39.